The molecule has 0 aromatic heterocycles. The summed E-state index contributed by atoms with van der Waals surface area (Å²) >= 11 is 0. The molecule has 0 spiro atoms. The zero-order valence-electron chi connectivity index (χ0n) is 13.9. The highest BCUT2D eigenvalue weighted by atomic mass is 19.1. The Morgan fingerprint density at radius 3 is 2.56 bits per heavy atom. The minimum Gasteiger partial charge on any atom is -0.507 e. The SMILES string of the molecule is O=C(c1ccccc1O)N1CCCC(CCc2c(F)cccc2F)C1. The second kappa shape index (κ2) is 7.64. The van der Waals surface area contributed by atoms with Crippen molar-refractivity contribution in [3.05, 3.63) is 65.2 Å². The van der Waals surface area contributed by atoms with Crippen molar-refractivity contribution in [2.75, 3.05) is 13.1 Å². The van der Waals surface area contributed by atoms with E-state index in [0.717, 1.165) is 12.8 Å². The maximum atomic E-state index is 13.7. The van der Waals surface area contributed by atoms with E-state index in [2.05, 4.69) is 0 Å². The van der Waals surface area contributed by atoms with Crippen molar-refractivity contribution < 1.29 is 18.7 Å². The normalized spacial score (nSPS) is 17.5. The highest BCUT2D eigenvalue weighted by Gasteiger charge is 2.26. The third-order valence-corrected chi connectivity index (χ3v) is 4.80. The van der Waals surface area contributed by atoms with E-state index in [4.69, 9.17) is 0 Å². The molecule has 0 saturated carbocycles. The number of benzene rings is 2. The first kappa shape index (κ1) is 17.4. The number of rotatable bonds is 4. The maximum absolute atomic E-state index is 13.7. The minimum atomic E-state index is -0.516. The number of halogens is 2. The molecule has 2 aromatic rings. The number of amides is 1. The summed E-state index contributed by atoms with van der Waals surface area (Å²) in [6, 6.07) is 10.4. The lowest BCUT2D eigenvalue weighted by atomic mass is 9.91. The molecule has 0 aliphatic carbocycles. The van der Waals surface area contributed by atoms with E-state index in [1.807, 2.05) is 0 Å². The lowest BCUT2D eigenvalue weighted by Crippen LogP contribution is -2.40. The van der Waals surface area contributed by atoms with Crippen LogP contribution in [0.4, 0.5) is 8.78 Å². The van der Waals surface area contributed by atoms with Gasteiger partial charge < -0.3 is 10.0 Å². The van der Waals surface area contributed by atoms with E-state index in [1.54, 1.807) is 23.1 Å². The van der Waals surface area contributed by atoms with Gasteiger partial charge in [-0.1, -0.05) is 18.2 Å². The number of phenols is 1. The fourth-order valence-corrected chi connectivity index (χ4v) is 3.43. The highest BCUT2D eigenvalue weighted by molar-refractivity contribution is 5.96. The third-order valence-electron chi connectivity index (χ3n) is 4.80. The van der Waals surface area contributed by atoms with Crippen LogP contribution in [0.3, 0.4) is 0 Å². The summed E-state index contributed by atoms with van der Waals surface area (Å²) in [6.45, 7) is 1.18. The Labute approximate surface area is 145 Å². The Balaban J connectivity index is 1.63. The molecule has 1 heterocycles. The number of aromatic hydroxyl groups is 1. The monoisotopic (exact) mass is 345 g/mol. The molecule has 1 aliphatic heterocycles. The van der Waals surface area contributed by atoms with Gasteiger partial charge in [-0.05, 0) is 55.9 Å². The lowest BCUT2D eigenvalue weighted by molar-refractivity contribution is 0.0665. The number of piperidine rings is 1. The summed E-state index contributed by atoms with van der Waals surface area (Å²) < 4.78 is 27.5. The molecule has 5 heteroatoms. The highest BCUT2D eigenvalue weighted by Crippen LogP contribution is 2.26. The Morgan fingerprint density at radius 2 is 1.84 bits per heavy atom. The van der Waals surface area contributed by atoms with Crippen molar-refractivity contribution in [3.8, 4) is 5.75 Å². The number of carbonyl (C=O) groups excluding carboxylic acids is 1. The average Bonchev–Trinajstić information content (AvgIpc) is 2.61. The molecule has 3 rings (SSSR count). The molecular formula is C20H21F2NO2. The van der Waals surface area contributed by atoms with Crippen LogP contribution in [-0.2, 0) is 6.42 Å². The van der Waals surface area contributed by atoms with Crippen molar-refractivity contribution in [2.45, 2.75) is 25.7 Å². The van der Waals surface area contributed by atoms with Crippen molar-refractivity contribution >= 4 is 5.91 Å². The first-order valence-electron chi connectivity index (χ1n) is 8.56. The lowest BCUT2D eigenvalue weighted by Gasteiger charge is -2.33. The molecule has 1 unspecified atom stereocenters. The van der Waals surface area contributed by atoms with Crippen LogP contribution in [0.25, 0.3) is 0 Å². The van der Waals surface area contributed by atoms with E-state index in [0.29, 0.717) is 31.5 Å². The van der Waals surface area contributed by atoms with Gasteiger partial charge in [0.15, 0.2) is 0 Å². The zero-order chi connectivity index (χ0) is 17.8. The van der Waals surface area contributed by atoms with Gasteiger partial charge in [-0.3, -0.25) is 4.79 Å². The molecular weight excluding hydrogens is 324 g/mol. The van der Waals surface area contributed by atoms with Crippen LogP contribution in [0.15, 0.2) is 42.5 Å². The van der Waals surface area contributed by atoms with Gasteiger partial charge in [0.25, 0.3) is 5.91 Å². The first-order valence-corrected chi connectivity index (χ1v) is 8.56. The first-order chi connectivity index (χ1) is 12.1. The fourth-order valence-electron chi connectivity index (χ4n) is 3.43. The van der Waals surface area contributed by atoms with Gasteiger partial charge in [-0.15, -0.1) is 0 Å². The molecule has 132 valence electrons. The quantitative estimate of drug-likeness (QED) is 0.904. The number of nitrogens with zero attached hydrogens (tertiary/aromatic N) is 1. The van der Waals surface area contributed by atoms with Gasteiger partial charge >= 0.3 is 0 Å². The zero-order valence-corrected chi connectivity index (χ0v) is 13.9. The van der Waals surface area contributed by atoms with Crippen LogP contribution < -0.4 is 0 Å². The molecule has 1 N–H and O–H groups in total. The van der Waals surface area contributed by atoms with Crippen molar-refractivity contribution in [2.24, 2.45) is 5.92 Å². The Bertz CT molecular complexity index is 743. The number of phenolic OH excluding ortho intramolecular Hbond substituents is 1. The Hall–Kier alpha value is -2.43. The summed E-state index contributed by atoms with van der Waals surface area (Å²) in [5.41, 5.74) is 0.412. The van der Waals surface area contributed by atoms with Crippen LogP contribution in [0.5, 0.6) is 5.75 Å². The number of carbonyl (C=O) groups is 1. The maximum Gasteiger partial charge on any atom is 0.257 e. The van der Waals surface area contributed by atoms with Gasteiger partial charge in [-0.2, -0.15) is 0 Å². The Morgan fingerprint density at radius 1 is 1.12 bits per heavy atom. The molecule has 0 radical (unpaired) electrons. The molecule has 1 saturated heterocycles. The standard InChI is InChI=1S/C20H21F2NO2/c21-17-7-3-8-18(22)15(17)11-10-14-5-4-12-23(13-14)20(25)16-6-1-2-9-19(16)24/h1-3,6-9,14,24H,4-5,10-13H2. The van der Waals surface area contributed by atoms with E-state index in [1.165, 1.54) is 24.3 Å². The summed E-state index contributed by atoms with van der Waals surface area (Å²) in [6.07, 6.45) is 2.73. The van der Waals surface area contributed by atoms with E-state index < -0.39 is 11.6 Å². The van der Waals surface area contributed by atoms with Gasteiger partial charge in [0.05, 0.1) is 5.56 Å². The topological polar surface area (TPSA) is 40.5 Å². The summed E-state index contributed by atoms with van der Waals surface area (Å²) in [7, 11) is 0. The summed E-state index contributed by atoms with van der Waals surface area (Å²) in [5.74, 6) is -1.05. The number of hydrogen-bond donors (Lipinski definition) is 1. The molecule has 0 bridgehead atoms. The largest absolute Gasteiger partial charge is 0.507 e. The van der Waals surface area contributed by atoms with Crippen molar-refractivity contribution in [1.82, 2.24) is 4.90 Å². The van der Waals surface area contributed by atoms with Crippen LogP contribution in [0.1, 0.15) is 35.2 Å². The molecule has 3 nitrogen and oxygen atoms in total. The van der Waals surface area contributed by atoms with Crippen LogP contribution in [-0.4, -0.2) is 29.0 Å². The smallest absolute Gasteiger partial charge is 0.257 e. The third kappa shape index (κ3) is 3.98. The number of para-hydroxylation sites is 1. The predicted molar refractivity (Wildman–Crippen MR) is 91.4 cm³/mol. The molecule has 1 aliphatic rings. The summed E-state index contributed by atoms with van der Waals surface area (Å²) in [5, 5.41) is 9.86. The van der Waals surface area contributed by atoms with Gasteiger partial charge in [0.1, 0.15) is 17.4 Å². The second-order valence-corrected chi connectivity index (χ2v) is 6.52. The number of likely N-dealkylation sites (tertiary alicyclic amines) is 1. The van der Waals surface area contributed by atoms with Crippen LogP contribution in [0.2, 0.25) is 0 Å². The van der Waals surface area contributed by atoms with E-state index in [9.17, 15) is 18.7 Å². The van der Waals surface area contributed by atoms with Crippen molar-refractivity contribution in [1.29, 1.82) is 0 Å². The molecule has 1 amide bonds. The van der Waals surface area contributed by atoms with Crippen molar-refractivity contribution in [3.63, 3.8) is 0 Å². The second-order valence-electron chi connectivity index (χ2n) is 6.52. The van der Waals surface area contributed by atoms with Crippen LogP contribution >= 0.6 is 0 Å². The Kier molecular flexibility index (Phi) is 5.31. The van der Waals surface area contributed by atoms with Gasteiger partial charge in [0, 0.05) is 18.7 Å². The average molecular weight is 345 g/mol. The van der Waals surface area contributed by atoms with E-state index in [-0.39, 0.29) is 23.1 Å². The molecule has 25 heavy (non-hydrogen) atoms. The number of hydrogen-bond acceptors (Lipinski definition) is 2. The minimum absolute atomic E-state index is 0.0250. The fraction of sp³-hybridized carbons (Fsp3) is 0.350. The molecule has 1 fully saturated rings. The van der Waals surface area contributed by atoms with E-state index >= 15 is 0 Å². The van der Waals surface area contributed by atoms with Crippen LogP contribution in [0, 0.1) is 17.6 Å². The summed E-state index contributed by atoms with van der Waals surface area (Å²) in [4.78, 5) is 14.3. The predicted octanol–water partition coefficient (Wildman–Crippen LogP) is 4.16. The van der Waals surface area contributed by atoms with Gasteiger partial charge in [-0.25, -0.2) is 8.78 Å². The molecule has 1 atom stereocenters. The molecule has 2 aromatic carbocycles. The van der Waals surface area contributed by atoms with Gasteiger partial charge in [0.2, 0.25) is 0 Å².